The number of nitrogens with zero attached hydrogens (tertiary/aromatic N) is 2. The average Bonchev–Trinajstić information content (AvgIpc) is 2.51. The Bertz CT molecular complexity index is 562. The van der Waals surface area contributed by atoms with Gasteiger partial charge in [-0.25, -0.2) is 4.39 Å². The summed E-state index contributed by atoms with van der Waals surface area (Å²) in [7, 11) is 0. The highest BCUT2D eigenvalue weighted by atomic mass is 19.1. The predicted molar refractivity (Wildman–Crippen MR) is 76.1 cm³/mol. The van der Waals surface area contributed by atoms with Gasteiger partial charge >= 0.3 is 0 Å². The first-order chi connectivity index (χ1) is 9.83. The maximum Gasteiger partial charge on any atom is 0.126 e. The minimum Gasteiger partial charge on any atom is -0.316 e. The van der Waals surface area contributed by atoms with Gasteiger partial charge in [0.2, 0.25) is 0 Å². The number of nitrogens with one attached hydrogen (secondary N) is 1. The summed E-state index contributed by atoms with van der Waals surface area (Å²) < 4.78 is 13.6. The van der Waals surface area contributed by atoms with Crippen molar-refractivity contribution in [3.63, 3.8) is 0 Å². The number of halogens is 1. The molecular weight excluding hydrogens is 253 g/mol. The Hall–Kier alpha value is -1.81. The molecule has 1 aromatic carbocycles. The third-order valence-electron chi connectivity index (χ3n) is 3.77. The highest BCUT2D eigenvalue weighted by Crippen LogP contribution is 2.21. The van der Waals surface area contributed by atoms with Crippen molar-refractivity contribution in [1.29, 1.82) is 0 Å². The third-order valence-corrected chi connectivity index (χ3v) is 3.77. The fourth-order valence-electron chi connectivity index (χ4n) is 2.61. The average molecular weight is 271 g/mol. The SMILES string of the molecule is Fc1ccccc1Cc1cnc([C@H]2CCCNC2)cn1. The van der Waals surface area contributed by atoms with Gasteiger partial charge in [-0.1, -0.05) is 18.2 Å². The molecule has 3 rings (SSSR count). The van der Waals surface area contributed by atoms with Crippen LogP contribution in [0.3, 0.4) is 0 Å². The fourth-order valence-corrected chi connectivity index (χ4v) is 2.61. The lowest BCUT2D eigenvalue weighted by atomic mass is 9.96. The third kappa shape index (κ3) is 3.02. The highest BCUT2D eigenvalue weighted by Gasteiger charge is 2.16. The van der Waals surface area contributed by atoms with Crippen molar-refractivity contribution in [3.8, 4) is 0 Å². The lowest BCUT2D eigenvalue weighted by Gasteiger charge is -2.21. The van der Waals surface area contributed by atoms with Crippen molar-refractivity contribution in [1.82, 2.24) is 15.3 Å². The molecular formula is C16H18FN3. The highest BCUT2D eigenvalue weighted by molar-refractivity contribution is 5.22. The Balaban J connectivity index is 1.71. The molecule has 20 heavy (non-hydrogen) atoms. The van der Waals surface area contributed by atoms with E-state index in [-0.39, 0.29) is 5.82 Å². The Morgan fingerprint density at radius 1 is 1.20 bits per heavy atom. The van der Waals surface area contributed by atoms with Gasteiger partial charge in [0.1, 0.15) is 5.82 Å². The van der Waals surface area contributed by atoms with Gasteiger partial charge < -0.3 is 5.32 Å². The summed E-state index contributed by atoms with van der Waals surface area (Å²) in [6.07, 6.45) is 6.45. The molecule has 1 aliphatic heterocycles. The summed E-state index contributed by atoms with van der Waals surface area (Å²) in [5.41, 5.74) is 2.51. The van der Waals surface area contributed by atoms with Gasteiger partial charge in [0.25, 0.3) is 0 Å². The Morgan fingerprint density at radius 2 is 2.10 bits per heavy atom. The molecule has 0 amide bonds. The second-order valence-electron chi connectivity index (χ2n) is 5.24. The van der Waals surface area contributed by atoms with Crippen molar-refractivity contribution in [2.75, 3.05) is 13.1 Å². The van der Waals surface area contributed by atoms with Crippen molar-refractivity contribution in [2.45, 2.75) is 25.2 Å². The first-order valence-electron chi connectivity index (χ1n) is 7.08. The molecule has 0 radical (unpaired) electrons. The monoisotopic (exact) mass is 271 g/mol. The number of hydrogen-bond acceptors (Lipinski definition) is 3. The van der Waals surface area contributed by atoms with E-state index >= 15 is 0 Å². The van der Waals surface area contributed by atoms with E-state index in [9.17, 15) is 4.39 Å². The van der Waals surface area contributed by atoms with Crippen LogP contribution >= 0.6 is 0 Å². The van der Waals surface area contributed by atoms with Gasteiger partial charge in [0.15, 0.2) is 0 Å². The van der Waals surface area contributed by atoms with Crippen LogP contribution in [0, 0.1) is 5.82 Å². The van der Waals surface area contributed by atoms with Crippen LogP contribution in [0.2, 0.25) is 0 Å². The van der Waals surface area contributed by atoms with Crippen LogP contribution in [0.1, 0.15) is 35.7 Å². The second kappa shape index (κ2) is 6.09. The predicted octanol–water partition coefficient (Wildman–Crippen LogP) is 2.67. The minimum absolute atomic E-state index is 0.185. The zero-order valence-electron chi connectivity index (χ0n) is 11.3. The quantitative estimate of drug-likeness (QED) is 0.932. The van der Waals surface area contributed by atoms with E-state index in [1.807, 2.05) is 12.3 Å². The molecule has 1 atom stereocenters. The zero-order chi connectivity index (χ0) is 13.8. The molecule has 1 aromatic heterocycles. The Kier molecular flexibility index (Phi) is 4.02. The van der Waals surface area contributed by atoms with E-state index in [0.717, 1.165) is 30.9 Å². The van der Waals surface area contributed by atoms with E-state index in [2.05, 4.69) is 15.3 Å². The number of piperidine rings is 1. The van der Waals surface area contributed by atoms with Crippen molar-refractivity contribution < 1.29 is 4.39 Å². The molecule has 1 aliphatic rings. The molecule has 1 N–H and O–H groups in total. The van der Waals surface area contributed by atoms with Crippen LogP contribution in [-0.2, 0) is 6.42 Å². The second-order valence-corrected chi connectivity index (χ2v) is 5.24. The molecule has 104 valence electrons. The lowest BCUT2D eigenvalue weighted by molar-refractivity contribution is 0.453. The molecule has 1 fully saturated rings. The maximum atomic E-state index is 13.6. The topological polar surface area (TPSA) is 37.8 Å². The molecule has 0 saturated carbocycles. The molecule has 0 aliphatic carbocycles. The largest absolute Gasteiger partial charge is 0.316 e. The Labute approximate surface area is 118 Å². The van der Waals surface area contributed by atoms with Crippen LogP contribution in [0.25, 0.3) is 0 Å². The first-order valence-corrected chi connectivity index (χ1v) is 7.08. The van der Waals surface area contributed by atoms with Crippen LogP contribution in [0.4, 0.5) is 4.39 Å². The van der Waals surface area contributed by atoms with Crippen LogP contribution in [0.15, 0.2) is 36.7 Å². The van der Waals surface area contributed by atoms with Gasteiger partial charge in [-0.2, -0.15) is 0 Å². The normalized spacial score (nSPS) is 18.9. The van der Waals surface area contributed by atoms with Gasteiger partial charge in [-0.05, 0) is 31.0 Å². The Morgan fingerprint density at radius 3 is 2.80 bits per heavy atom. The molecule has 0 unspecified atom stereocenters. The van der Waals surface area contributed by atoms with Crippen LogP contribution < -0.4 is 5.32 Å². The summed E-state index contributed by atoms with van der Waals surface area (Å²) in [6, 6.07) is 6.80. The standard InChI is InChI=1S/C16H18FN3/c17-15-6-2-1-4-12(15)8-14-10-20-16(11-19-14)13-5-3-7-18-9-13/h1-2,4,6,10-11,13,18H,3,5,7-9H2/t13-/m0/s1. The molecule has 2 heterocycles. The summed E-state index contributed by atoms with van der Waals surface area (Å²) >= 11 is 0. The smallest absolute Gasteiger partial charge is 0.126 e. The lowest BCUT2D eigenvalue weighted by Crippen LogP contribution is -2.28. The van der Waals surface area contributed by atoms with E-state index in [0.29, 0.717) is 17.9 Å². The summed E-state index contributed by atoms with van der Waals surface area (Å²) in [5.74, 6) is 0.272. The van der Waals surface area contributed by atoms with Crippen molar-refractivity contribution in [3.05, 3.63) is 59.4 Å². The number of rotatable bonds is 3. The number of benzene rings is 1. The molecule has 3 nitrogen and oxygen atoms in total. The summed E-state index contributed by atoms with van der Waals surface area (Å²) in [5, 5.41) is 3.38. The minimum atomic E-state index is -0.185. The molecule has 0 spiro atoms. The fraction of sp³-hybridized carbons (Fsp3) is 0.375. The van der Waals surface area contributed by atoms with E-state index in [1.54, 1.807) is 18.3 Å². The van der Waals surface area contributed by atoms with Gasteiger partial charge in [-0.3, -0.25) is 9.97 Å². The zero-order valence-corrected chi connectivity index (χ0v) is 11.3. The van der Waals surface area contributed by atoms with Gasteiger partial charge in [0.05, 0.1) is 11.4 Å². The molecule has 0 bridgehead atoms. The molecule has 1 saturated heterocycles. The van der Waals surface area contributed by atoms with Gasteiger partial charge in [0, 0.05) is 31.3 Å². The van der Waals surface area contributed by atoms with E-state index in [1.165, 1.54) is 12.5 Å². The summed E-state index contributed by atoms with van der Waals surface area (Å²) in [6.45, 7) is 2.07. The maximum absolute atomic E-state index is 13.6. The van der Waals surface area contributed by atoms with E-state index in [4.69, 9.17) is 0 Å². The van der Waals surface area contributed by atoms with Crippen LogP contribution in [-0.4, -0.2) is 23.1 Å². The van der Waals surface area contributed by atoms with Crippen molar-refractivity contribution >= 4 is 0 Å². The molecule has 2 aromatic rings. The first kappa shape index (κ1) is 13.2. The molecule has 4 heteroatoms. The number of hydrogen-bond donors (Lipinski definition) is 1. The van der Waals surface area contributed by atoms with Gasteiger partial charge in [-0.15, -0.1) is 0 Å². The van der Waals surface area contributed by atoms with Crippen molar-refractivity contribution in [2.24, 2.45) is 0 Å². The van der Waals surface area contributed by atoms with Crippen LogP contribution in [0.5, 0.6) is 0 Å². The summed E-state index contributed by atoms with van der Waals surface area (Å²) in [4.78, 5) is 8.94. The van der Waals surface area contributed by atoms with E-state index < -0.39 is 0 Å². The number of aromatic nitrogens is 2.